The van der Waals surface area contributed by atoms with Crippen molar-refractivity contribution in [3.05, 3.63) is 11.5 Å². The predicted molar refractivity (Wildman–Crippen MR) is 32.9 cm³/mol. The molecular weight excluding hydrogens is 142 g/mol. The topological polar surface area (TPSA) is 63.2 Å². The van der Waals surface area contributed by atoms with Crippen LogP contribution in [-0.4, -0.2) is 14.8 Å². The lowest BCUT2D eigenvalue weighted by Gasteiger charge is -1.96. The summed E-state index contributed by atoms with van der Waals surface area (Å²) >= 11 is 0. The lowest BCUT2D eigenvalue weighted by atomic mass is 10.8. The average Bonchev–Trinajstić information content (AvgIpc) is 1.65. The SMILES string of the molecule is C=C(C)S(=O)(=O)NC=O. The summed E-state index contributed by atoms with van der Waals surface area (Å²) in [6.07, 6.45) is 0.101. The standard InChI is InChI=1S/C4H7NO3S/c1-4(2)9(7,8)5-3-6/h3H,1H2,2H3,(H,5,6). The molecule has 0 saturated carbocycles. The molecule has 1 amide bonds. The molecule has 52 valence electrons. The largest absolute Gasteiger partial charge is 0.278 e. The van der Waals surface area contributed by atoms with E-state index in [4.69, 9.17) is 0 Å². The predicted octanol–water partition coefficient (Wildman–Crippen LogP) is -0.404. The zero-order chi connectivity index (χ0) is 7.49. The van der Waals surface area contributed by atoms with Gasteiger partial charge in [0.1, 0.15) is 0 Å². The van der Waals surface area contributed by atoms with E-state index in [9.17, 15) is 13.2 Å². The molecule has 0 bridgehead atoms. The van der Waals surface area contributed by atoms with Crippen molar-refractivity contribution in [2.24, 2.45) is 0 Å². The van der Waals surface area contributed by atoms with Crippen LogP contribution < -0.4 is 4.72 Å². The first-order chi connectivity index (χ1) is 4.00. The number of hydrogen-bond acceptors (Lipinski definition) is 3. The minimum atomic E-state index is -3.56. The van der Waals surface area contributed by atoms with Crippen molar-refractivity contribution in [2.75, 3.05) is 0 Å². The van der Waals surface area contributed by atoms with E-state index >= 15 is 0 Å². The van der Waals surface area contributed by atoms with E-state index in [1.54, 1.807) is 4.72 Å². The van der Waals surface area contributed by atoms with Gasteiger partial charge in [-0.2, -0.15) is 0 Å². The second-order valence-corrected chi connectivity index (χ2v) is 3.38. The van der Waals surface area contributed by atoms with E-state index in [2.05, 4.69) is 6.58 Å². The molecule has 0 heterocycles. The Morgan fingerprint density at radius 3 is 2.22 bits per heavy atom. The first-order valence-corrected chi connectivity index (χ1v) is 3.60. The zero-order valence-corrected chi connectivity index (χ0v) is 5.73. The van der Waals surface area contributed by atoms with E-state index in [-0.39, 0.29) is 11.3 Å². The van der Waals surface area contributed by atoms with Crippen LogP contribution in [0.4, 0.5) is 0 Å². The zero-order valence-electron chi connectivity index (χ0n) is 4.92. The van der Waals surface area contributed by atoms with Crippen LogP contribution in [0.25, 0.3) is 0 Å². The first kappa shape index (κ1) is 8.16. The number of amides is 1. The van der Waals surface area contributed by atoms with Gasteiger partial charge in [0.25, 0.3) is 10.0 Å². The number of nitrogens with one attached hydrogen (secondary N) is 1. The van der Waals surface area contributed by atoms with Crippen molar-refractivity contribution in [2.45, 2.75) is 6.92 Å². The fourth-order valence-electron chi connectivity index (χ4n) is 0.164. The van der Waals surface area contributed by atoms with Gasteiger partial charge >= 0.3 is 0 Å². The highest BCUT2D eigenvalue weighted by Gasteiger charge is 2.06. The maximum Gasteiger partial charge on any atom is 0.259 e. The van der Waals surface area contributed by atoms with E-state index in [0.717, 1.165) is 0 Å². The molecule has 0 aromatic carbocycles. The third-order valence-electron chi connectivity index (χ3n) is 0.662. The van der Waals surface area contributed by atoms with Crippen molar-refractivity contribution >= 4 is 16.4 Å². The third-order valence-corrected chi connectivity index (χ3v) is 1.99. The lowest BCUT2D eigenvalue weighted by Crippen LogP contribution is -2.21. The maximum absolute atomic E-state index is 10.5. The monoisotopic (exact) mass is 149 g/mol. The van der Waals surface area contributed by atoms with E-state index in [0.29, 0.717) is 0 Å². The van der Waals surface area contributed by atoms with E-state index in [1.807, 2.05) is 0 Å². The molecule has 0 aliphatic rings. The Labute approximate surface area is 53.6 Å². The Balaban J connectivity index is 4.41. The third kappa shape index (κ3) is 2.27. The lowest BCUT2D eigenvalue weighted by molar-refractivity contribution is -0.108. The number of hydrogen-bond donors (Lipinski definition) is 1. The summed E-state index contributed by atoms with van der Waals surface area (Å²) in [4.78, 5) is 9.52. The quantitative estimate of drug-likeness (QED) is 0.555. The van der Waals surface area contributed by atoms with Gasteiger partial charge in [-0.05, 0) is 6.92 Å². The Morgan fingerprint density at radius 1 is 1.67 bits per heavy atom. The number of rotatable bonds is 3. The maximum atomic E-state index is 10.5. The molecule has 1 N–H and O–H groups in total. The van der Waals surface area contributed by atoms with Gasteiger partial charge in [-0.25, -0.2) is 8.42 Å². The van der Waals surface area contributed by atoms with Gasteiger partial charge in [-0.15, -0.1) is 0 Å². The van der Waals surface area contributed by atoms with Crippen LogP contribution >= 0.6 is 0 Å². The van der Waals surface area contributed by atoms with E-state index < -0.39 is 10.0 Å². The summed E-state index contributed by atoms with van der Waals surface area (Å²) < 4.78 is 22.6. The van der Waals surface area contributed by atoms with Crippen molar-refractivity contribution in [1.82, 2.24) is 4.72 Å². The van der Waals surface area contributed by atoms with Gasteiger partial charge in [0.15, 0.2) is 0 Å². The number of sulfonamides is 1. The van der Waals surface area contributed by atoms with Gasteiger partial charge < -0.3 is 0 Å². The molecule has 0 spiro atoms. The Kier molecular flexibility index (Phi) is 2.39. The summed E-state index contributed by atoms with van der Waals surface area (Å²) in [7, 11) is -3.56. The summed E-state index contributed by atoms with van der Waals surface area (Å²) in [5, 5.41) is 0. The molecule has 0 unspecified atom stereocenters. The number of allylic oxidation sites excluding steroid dienone is 1. The molecule has 0 rings (SSSR count). The Bertz CT molecular complexity index is 216. The molecule has 4 nitrogen and oxygen atoms in total. The smallest absolute Gasteiger partial charge is 0.259 e. The summed E-state index contributed by atoms with van der Waals surface area (Å²) in [5.41, 5.74) is 0. The highest BCUT2D eigenvalue weighted by molar-refractivity contribution is 7.93. The van der Waals surface area contributed by atoms with Gasteiger partial charge in [0.2, 0.25) is 6.41 Å². The van der Waals surface area contributed by atoms with Crippen LogP contribution in [0.1, 0.15) is 6.92 Å². The molecule has 0 aliphatic carbocycles. The molecule has 0 aliphatic heterocycles. The Hall–Kier alpha value is -0.840. The summed E-state index contributed by atoms with van der Waals surface area (Å²) in [6.45, 7) is 4.43. The molecule has 0 saturated heterocycles. The molecule has 5 heteroatoms. The second-order valence-electron chi connectivity index (χ2n) is 1.44. The normalized spacial score (nSPS) is 10.3. The Morgan fingerprint density at radius 2 is 2.11 bits per heavy atom. The van der Waals surface area contributed by atoms with Crippen LogP contribution in [0, 0.1) is 0 Å². The van der Waals surface area contributed by atoms with E-state index in [1.165, 1.54) is 6.92 Å². The average molecular weight is 149 g/mol. The number of carbonyl (C=O) groups is 1. The molecule has 0 aromatic rings. The minimum absolute atomic E-state index is 0.0744. The molecule has 9 heavy (non-hydrogen) atoms. The summed E-state index contributed by atoms with van der Waals surface area (Å²) in [6, 6.07) is 0. The first-order valence-electron chi connectivity index (χ1n) is 2.12. The summed E-state index contributed by atoms with van der Waals surface area (Å²) in [5.74, 6) is 0. The van der Waals surface area contributed by atoms with Gasteiger partial charge in [0, 0.05) is 0 Å². The van der Waals surface area contributed by atoms with Crippen LogP contribution in [0.3, 0.4) is 0 Å². The highest BCUT2D eigenvalue weighted by atomic mass is 32.2. The van der Waals surface area contributed by atoms with Gasteiger partial charge in [-0.3, -0.25) is 9.52 Å². The minimum Gasteiger partial charge on any atom is -0.278 e. The number of carbonyl (C=O) groups excluding carboxylic acids is 1. The van der Waals surface area contributed by atoms with Crippen LogP contribution in [0.2, 0.25) is 0 Å². The van der Waals surface area contributed by atoms with Gasteiger partial charge in [-0.1, -0.05) is 6.58 Å². The fourth-order valence-corrected chi connectivity index (χ4v) is 0.492. The molecular formula is C4H7NO3S. The van der Waals surface area contributed by atoms with Gasteiger partial charge in [0.05, 0.1) is 4.91 Å². The highest BCUT2D eigenvalue weighted by Crippen LogP contribution is 1.95. The van der Waals surface area contributed by atoms with Crippen molar-refractivity contribution in [3.8, 4) is 0 Å². The van der Waals surface area contributed by atoms with Crippen LogP contribution in [0.5, 0.6) is 0 Å². The molecule has 0 aromatic heterocycles. The van der Waals surface area contributed by atoms with Crippen LogP contribution in [-0.2, 0) is 14.8 Å². The molecule has 0 atom stereocenters. The fraction of sp³-hybridized carbons (Fsp3) is 0.250. The molecule has 0 radical (unpaired) electrons. The van der Waals surface area contributed by atoms with Crippen molar-refractivity contribution in [3.63, 3.8) is 0 Å². The molecule has 0 fully saturated rings. The van der Waals surface area contributed by atoms with Crippen molar-refractivity contribution in [1.29, 1.82) is 0 Å². The van der Waals surface area contributed by atoms with Crippen molar-refractivity contribution < 1.29 is 13.2 Å². The van der Waals surface area contributed by atoms with Crippen LogP contribution in [0.15, 0.2) is 11.5 Å². The second kappa shape index (κ2) is 2.63.